The molecule has 0 N–H and O–H groups in total. The molecule has 2 heterocycles. The van der Waals surface area contributed by atoms with Gasteiger partial charge >= 0.3 is 0 Å². The highest BCUT2D eigenvalue weighted by molar-refractivity contribution is 8.10. The standard InChI is InChI=1S/C22H30N2OS/c1-17(2)16-26-18(3)19-8-10-20(11-9-19)22(25)24-14-6-7-21(24)15-23-12-4-5-13-23/h8-11,16,21H,3-7,12-15H2,1-2H3. The number of amides is 1. The number of nitrogens with zero attached hydrogens (tertiary/aromatic N) is 2. The van der Waals surface area contributed by atoms with E-state index in [0.717, 1.165) is 42.0 Å². The highest BCUT2D eigenvalue weighted by Gasteiger charge is 2.31. The van der Waals surface area contributed by atoms with Crippen LogP contribution in [0.4, 0.5) is 0 Å². The first-order chi connectivity index (χ1) is 12.5. The van der Waals surface area contributed by atoms with Crippen molar-refractivity contribution in [1.29, 1.82) is 0 Å². The van der Waals surface area contributed by atoms with Gasteiger partial charge in [-0.15, -0.1) is 0 Å². The highest BCUT2D eigenvalue weighted by atomic mass is 32.2. The Morgan fingerprint density at radius 2 is 1.77 bits per heavy atom. The molecule has 2 saturated heterocycles. The Morgan fingerprint density at radius 3 is 2.42 bits per heavy atom. The van der Waals surface area contributed by atoms with Crippen LogP contribution in [0.15, 0.2) is 41.8 Å². The van der Waals surface area contributed by atoms with E-state index in [2.05, 4.69) is 35.6 Å². The number of carbonyl (C=O) groups is 1. The average Bonchev–Trinajstić information content (AvgIpc) is 3.31. The Morgan fingerprint density at radius 1 is 1.12 bits per heavy atom. The predicted octanol–water partition coefficient (Wildman–Crippen LogP) is 5.01. The lowest BCUT2D eigenvalue weighted by molar-refractivity contribution is 0.0709. The van der Waals surface area contributed by atoms with Crippen molar-refractivity contribution >= 4 is 22.6 Å². The van der Waals surface area contributed by atoms with Crippen LogP contribution in [0.3, 0.4) is 0 Å². The summed E-state index contributed by atoms with van der Waals surface area (Å²) in [6, 6.07) is 8.33. The van der Waals surface area contributed by atoms with Crippen LogP contribution < -0.4 is 0 Å². The van der Waals surface area contributed by atoms with E-state index in [0.29, 0.717) is 6.04 Å². The van der Waals surface area contributed by atoms with Crippen molar-refractivity contribution in [3.05, 3.63) is 53.0 Å². The van der Waals surface area contributed by atoms with Gasteiger partial charge in [-0.3, -0.25) is 4.79 Å². The number of thioether (sulfide) groups is 1. The summed E-state index contributed by atoms with van der Waals surface area (Å²) >= 11 is 1.64. The van der Waals surface area contributed by atoms with E-state index in [1.165, 1.54) is 31.5 Å². The Balaban J connectivity index is 1.63. The van der Waals surface area contributed by atoms with Crippen molar-refractivity contribution < 1.29 is 4.79 Å². The molecule has 1 atom stereocenters. The zero-order valence-electron chi connectivity index (χ0n) is 16.0. The summed E-state index contributed by atoms with van der Waals surface area (Å²) in [5.41, 5.74) is 3.14. The van der Waals surface area contributed by atoms with Crippen molar-refractivity contribution in [2.45, 2.75) is 45.6 Å². The number of benzene rings is 1. The molecule has 4 heteroatoms. The monoisotopic (exact) mass is 370 g/mol. The molecule has 1 aromatic carbocycles. The predicted molar refractivity (Wildman–Crippen MR) is 112 cm³/mol. The molecular weight excluding hydrogens is 340 g/mol. The highest BCUT2D eigenvalue weighted by Crippen LogP contribution is 2.28. The van der Waals surface area contributed by atoms with E-state index < -0.39 is 0 Å². The van der Waals surface area contributed by atoms with Crippen LogP contribution >= 0.6 is 11.8 Å². The molecule has 3 rings (SSSR count). The molecule has 0 aromatic heterocycles. The number of hydrogen-bond acceptors (Lipinski definition) is 3. The largest absolute Gasteiger partial charge is 0.334 e. The van der Waals surface area contributed by atoms with E-state index >= 15 is 0 Å². The van der Waals surface area contributed by atoms with Gasteiger partial charge in [0.2, 0.25) is 0 Å². The van der Waals surface area contributed by atoms with Crippen molar-refractivity contribution in [2.75, 3.05) is 26.2 Å². The third-order valence-corrected chi connectivity index (χ3v) is 6.31. The molecule has 140 valence electrons. The third-order valence-electron chi connectivity index (χ3n) is 5.20. The number of likely N-dealkylation sites (tertiary alicyclic amines) is 2. The van der Waals surface area contributed by atoms with Crippen LogP contribution in [0.25, 0.3) is 4.91 Å². The van der Waals surface area contributed by atoms with Gasteiger partial charge in [-0.05, 0) is 75.7 Å². The molecule has 2 fully saturated rings. The van der Waals surface area contributed by atoms with E-state index in [4.69, 9.17) is 0 Å². The molecular formula is C22H30N2OS. The van der Waals surface area contributed by atoms with Gasteiger partial charge in [-0.2, -0.15) is 0 Å². The molecule has 1 amide bonds. The minimum atomic E-state index is 0.181. The first-order valence-corrected chi connectivity index (χ1v) is 10.6. The van der Waals surface area contributed by atoms with Gasteiger partial charge in [0.25, 0.3) is 5.91 Å². The first-order valence-electron chi connectivity index (χ1n) is 9.67. The molecule has 0 bridgehead atoms. The van der Waals surface area contributed by atoms with Crippen LogP contribution in [0, 0.1) is 0 Å². The summed E-state index contributed by atoms with van der Waals surface area (Å²) < 4.78 is 0. The van der Waals surface area contributed by atoms with Gasteiger partial charge in [0.1, 0.15) is 0 Å². The minimum Gasteiger partial charge on any atom is -0.334 e. The average molecular weight is 371 g/mol. The molecule has 3 nitrogen and oxygen atoms in total. The van der Waals surface area contributed by atoms with Gasteiger partial charge in [0.15, 0.2) is 0 Å². The lowest BCUT2D eigenvalue weighted by Crippen LogP contribution is -2.42. The topological polar surface area (TPSA) is 23.6 Å². The summed E-state index contributed by atoms with van der Waals surface area (Å²) in [6.07, 6.45) is 4.86. The molecule has 0 spiro atoms. The zero-order chi connectivity index (χ0) is 18.5. The van der Waals surface area contributed by atoms with Gasteiger partial charge in [0.05, 0.1) is 0 Å². The van der Waals surface area contributed by atoms with Crippen LogP contribution in [-0.2, 0) is 0 Å². The van der Waals surface area contributed by atoms with Crippen molar-refractivity contribution in [1.82, 2.24) is 9.80 Å². The summed E-state index contributed by atoms with van der Waals surface area (Å²) in [6.45, 7) is 12.6. The van der Waals surface area contributed by atoms with Crippen LogP contribution in [0.1, 0.15) is 55.5 Å². The van der Waals surface area contributed by atoms with Crippen molar-refractivity contribution in [3.63, 3.8) is 0 Å². The quantitative estimate of drug-likeness (QED) is 0.703. The van der Waals surface area contributed by atoms with Crippen molar-refractivity contribution in [2.24, 2.45) is 0 Å². The molecule has 1 unspecified atom stereocenters. The number of hydrogen-bond donors (Lipinski definition) is 0. The maximum atomic E-state index is 13.0. The fourth-order valence-corrected chi connectivity index (χ4v) is 4.43. The SMILES string of the molecule is C=C(SC=C(C)C)c1ccc(C(=O)N2CCCC2CN2CCCC2)cc1. The van der Waals surface area contributed by atoms with Crippen molar-refractivity contribution in [3.8, 4) is 0 Å². The van der Waals surface area contributed by atoms with Gasteiger partial charge in [0, 0.05) is 29.6 Å². The van der Waals surface area contributed by atoms with E-state index in [9.17, 15) is 4.79 Å². The minimum absolute atomic E-state index is 0.181. The fourth-order valence-electron chi connectivity index (χ4n) is 3.78. The molecule has 2 aliphatic heterocycles. The molecule has 0 saturated carbocycles. The normalized spacial score (nSPS) is 20.4. The summed E-state index contributed by atoms with van der Waals surface area (Å²) in [7, 11) is 0. The molecule has 0 radical (unpaired) electrons. The Kier molecular flexibility index (Phi) is 6.60. The van der Waals surface area contributed by atoms with Gasteiger partial charge in [-0.25, -0.2) is 0 Å². The molecule has 2 aliphatic rings. The Labute approximate surface area is 162 Å². The second-order valence-corrected chi connectivity index (χ2v) is 8.58. The lowest BCUT2D eigenvalue weighted by Gasteiger charge is -2.28. The molecule has 1 aromatic rings. The zero-order valence-corrected chi connectivity index (χ0v) is 16.9. The third kappa shape index (κ3) is 4.80. The van der Waals surface area contributed by atoms with E-state index in [-0.39, 0.29) is 5.91 Å². The second kappa shape index (κ2) is 8.92. The molecule has 26 heavy (non-hydrogen) atoms. The van der Waals surface area contributed by atoms with Crippen LogP contribution in [0.5, 0.6) is 0 Å². The Hall–Kier alpha value is -1.52. The van der Waals surface area contributed by atoms with E-state index in [1.54, 1.807) is 11.8 Å². The molecule has 0 aliphatic carbocycles. The summed E-state index contributed by atoms with van der Waals surface area (Å²) in [5.74, 6) is 0.181. The first kappa shape index (κ1) is 19.2. The second-order valence-electron chi connectivity index (χ2n) is 7.62. The number of rotatable bonds is 6. The smallest absolute Gasteiger partial charge is 0.254 e. The fraction of sp³-hybridized carbons (Fsp3) is 0.500. The maximum absolute atomic E-state index is 13.0. The Bertz CT molecular complexity index is 670. The number of carbonyl (C=O) groups excluding carboxylic acids is 1. The van der Waals surface area contributed by atoms with Crippen LogP contribution in [-0.4, -0.2) is 47.9 Å². The number of allylic oxidation sites excluding steroid dienone is 1. The van der Waals surface area contributed by atoms with Gasteiger partial charge < -0.3 is 9.80 Å². The van der Waals surface area contributed by atoms with Gasteiger partial charge in [-0.1, -0.05) is 36.0 Å². The summed E-state index contributed by atoms with van der Waals surface area (Å²) in [5, 5.41) is 2.11. The lowest BCUT2D eigenvalue weighted by atomic mass is 10.1. The maximum Gasteiger partial charge on any atom is 0.254 e. The van der Waals surface area contributed by atoms with Crippen LogP contribution in [0.2, 0.25) is 0 Å². The summed E-state index contributed by atoms with van der Waals surface area (Å²) in [4.78, 5) is 18.6. The van der Waals surface area contributed by atoms with E-state index in [1.807, 2.05) is 24.3 Å².